The number of rotatable bonds is 2. The summed E-state index contributed by atoms with van der Waals surface area (Å²) in [6.45, 7) is 5.64. The molecule has 0 aliphatic carbocycles. The minimum Gasteiger partial charge on any atom is -0.376 e. The van der Waals surface area contributed by atoms with Crippen LogP contribution in [0.5, 0.6) is 0 Å². The molecule has 0 aromatic carbocycles. The molecule has 1 aliphatic rings. The van der Waals surface area contributed by atoms with Gasteiger partial charge in [-0.1, -0.05) is 11.3 Å². The lowest BCUT2D eigenvalue weighted by Crippen LogP contribution is -2.40. The van der Waals surface area contributed by atoms with Gasteiger partial charge in [0.2, 0.25) is 5.13 Å². The standard InChI is InChI=1S/C8H14N4OS/c1-6-4-12(2-3-13-6)5-7-10-11-8(9)14-7/h6H,2-5H2,1H3,(H2,9,11). The smallest absolute Gasteiger partial charge is 0.203 e. The molecule has 5 nitrogen and oxygen atoms in total. The summed E-state index contributed by atoms with van der Waals surface area (Å²) >= 11 is 1.46. The molecule has 1 fully saturated rings. The molecule has 1 saturated heterocycles. The number of morpholine rings is 1. The van der Waals surface area contributed by atoms with Crippen molar-refractivity contribution in [3.63, 3.8) is 0 Å². The van der Waals surface area contributed by atoms with Gasteiger partial charge in [-0.2, -0.15) is 0 Å². The van der Waals surface area contributed by atoms with Crippen molar-refractivity contribution < 1.29 is 4.74 Å². The van der Waals surface area contributed by atoms with Gasteiger partial charge in [0.05, 0.1) is 19.3 Å². The second kappa shape index (κ2) is 4.20. The normalized spacial score (nSPS) is 23.9. The summed E-state index contributed by atoms with van der Waals surface area (Å²) in [5.74, 6) is 0. The molecule has 0 spiro atoms. The quantitative estimate of drug-likeness (QED) is 0.769. The van der Waals surface area contributed by atoms with Crippen molar-refractivity contribution in [3.8, 4) is 0 Å². The molecule has 1 unspecified atom stereocenters. The zero-order valence-electron chi connectivity index (χ0n) is 8.14. The van der Waals surface area contributed by atoms with E-state index in [0.29, 0.717) is 11.2 Å². The number of ether oxygens (including phenoxy) is 1. The SMILES string of the molecule is CC1CN(Cc2nnc(N)s2)CCO1. The lowest BCUT2D eigenvalue weighted by atomic mass is 10.3. The Morgan fingerprint density at radius 2 is 2.50 bits per heavy atom. The monoisotopic (exact) mass is 214 g/mol. The van der Waals surface area contributed by atoms with Crippen molar-refractivity contribution in [1.29, 1.82) is 0 Å². The topological polar surface area (TPSA) is 64.3 Å². The van der Waals surface area contributed by atoms with Gasteiger partial charge >= 0.3 is 0 Å². The van der Waals surface area contributed by atoms with Gasteiger partial charge in [-0.25, -0.2) is 0 Å². The number of hydrogen-bond donors (Lipinski definition) is 1. The van der Waals surface area contributed by atoms with Crippen LogP contribution in [-0.4, -0.2) is 40.9 Å². The predicted molar refractivity (Wildman–Crippen MR) is 55.0 cm³/mol. The summed E-state index contributed by atoms with van der Waals surface area (Å²) in [7, 11) is 0. The Kier molecular flexibility index (Phi) is 2.95. The zero-order valence-corrected chi connectivity index (χ0v) is 8.96. The van der Waals surface area contributed by atoms with Gasteiger partial charge in [-0.15, -0.1) is 10.2 Å². The first-order valence-electron chi connectivity index (χ1n) is 4.66. The maximum atomic E-state index is 5.51. The van der Waals surface area contributed by atoms with Gasteiger partial charge in [0, 0.05) is 13.1 Å². The van der Waals surface area contributed by atoms with Crippen LogP contribution in [-0.2, 0) is 11.3 Å². The van der Waals surface area contributed by atoms with E-state index in [4.69, 9.17) is 10.5 Å². The molecule has 14 heavy (non-hydrogen) atoms. The molecule has 0 amide bonds. The van der Waals surface area contributed by atoms with Crippen LogP contribution < -0.4 is 5.73 Å². The lowest BCUT2D eigenvalue weighted by Gasteiger charge is -2.30. The van der Waals surface area contributed by atoms with Crippen LogP contribution in [0.3, 0.4) is 0 Å². The van der Waals surface area contributed by atoms with Crippen LogP contribution in [0.25, 0.3) is 0 Å². The first kappa shape index (κ1) is 9.82. The van der Waals surface area contributed by atoms with Crippen molar-refractivity contribution in [2.24, 2.45) is 0 Å². The molecular weight excluding hydrogens is 200 g/mol. The summed E-state index contributed by atoms with van der Waals surface area (Å²) in [6.07, 6.45) is 0.314. The van der Waals surface area contributed by atoms with E-state index in [1.165, 1.54) is 11.3 Å². The van der Waals surface area contributed by atoms with E-state index in [1.54, 1.807) is 0 Å². The highest BCUT2D eigenvalue weighted by molar-refractivity contribution is 7.15. The number of nitrogen functional groups attached to an aromatic ring is 1. The molecule has 6 heteroatoms. The van der Waals surface area contributed by atoms with Crippen molar-refractivity contribution >= 4 is 16.5 Å². The highest BCUT2D eigenvalue weighted by atomic mass is 32.1. The molecule has 1 atom stereocenters. The maximum absolute atomic E-state index is 5.51. The molecule has 1 aromatic rings. The average molecular weight is 214 g/mol. The van der Waals surface area contributed by atoms with E-state index < -0.39 is 0 Å². The van der Waals surface area contributed by atoms with E-state index in [-0.39, 0.29) is 0 Å². The molecule has 2 heterocycles. The van der Waals surface area contributed by atoms with Crippen molar-refractivity contribution in [2.45, 2.75) is 19.6 Å². The van der Waals surface area contributed by atoms with E-state index in [1.807, 2.05) is 0 Å². The minimum absolute atomic E-state index is 0.314. The Labute approximate surface area is 86.9 Å². The minimum atomic E-state index is 0.314. The number of hydrogen-bond acceptors (Lipinski definition) is 6. The van der Waals surface area contributed by atoms with E-state index >= 15 is 0 Å². The summed E-state index contributed by atoms with van der Waals surface area (Å²) in [4.78, 5) is 2.31. The van der Waals surface area contributed by atoms with E-state index in [2.05, 4.69) is 22.0 Å². The maximum Gasteiger partial charge on any atom is 0.203 e. The highest BCUT2D eigenvalue weighted by Crippen LogP contribution is 2.15. The fourth-order valence-electron chi connectivity index (χ4n) is 1.56. The van der Waals surface area contributed by atoms with Gasteiger partial charge in [0.1, 0.15) is 5.01 Å². The third kappa shape index (κ3) is 2.40. The number of nitrogens with zero attached hydrogens (tertiary/aromatic N) is 3. The van der Waals surface area contributed by atoms with Crippen LogP contribution in [0.4, 0.5) is 5.13 Å². The van der Waals surface area contributed by atoms with Gasteiger partial charge in [0.25, 0.3) is 0 Å². The summed E-state index contributed by atoms with van der Waals surface area (Å²) in [5.41, 5.74) is 5.51. The molecule has 1 aromatic heterocycles. The van der Waals surface area contributed by atoms with E-state index in [9.17, 15) is 0 Å². The first-order chi connectivity index (χ1) is 6.74. The fraction of sp³-hybridized carbons (Fsp3) is 0.750. The van der Waals surface area contributed by atoms with Crippen LogP contribution >= 0.6 is 11.3 Å². The molecule has 2 N–H and O–H groups in total. The van der Waals surface area contributed by atoms with Crippen LogP contribution in [0.1, 0.15) is 11.9 Å². The Balaban J connectivity index is 1.90. The lowest BCUT2D eigenvalue weighted by molar-refractivity contribution is -0.0212. The molecule has 0 radical (unpaired) electrons. The summed E-state index contributed by atoms with van der Waals surface area (Å²) < 4.78 is 5.45. The van der Waals surface area contributed by atoms with E-state index in [0.717, 1.165) is 31.2 Å². The van der Waals surface area contributed by atoms with Gasteiger partial charge in [0.15, 0.2) is 0 Å². The zero-order chi connectivity index (χ0) is 9.97. The number of nitrogens with two attached hydrogens (primary N) is 1. The van der Waals surface area contributed by atoms with Gasteiger partial charge in [-0.05, 0) is 6.92 Å². The number of aromatic nitrogens is 2. The molecule has 2 rings (SSSR count). The summed E-state index contributed by atoms with van der Waals surface area (Å²) in [5, 5.41) is 9.31. The van der Waals surface area contributed by atoms with Crippen molar-refractivity contribution in [3.05, 3.63) is 5.01 Å². The second-order valence-electron chi connectivity index (χ2n) is 3.45. The molecule has 1 aliphatic heterocycles. The Hall–Kier alpha value is -0.720. The third-order valence-corrected chi connectivity index (χ3v) is 2.90. The van der Waals surface area contributed by atoms with Crippen molar-refractivity contribution in [1.82, 2.24) is 15.1 Å². The summed E-state index contributed by atoms with van der Waals surface area (Å²) in [6, 6.07) is 0. The Bertz CT molecular complexity index is 303. The number of anilines is 1. The second-order valence-corrected chi connectivity index (χ2v) is 4.54. The highest BCUT2D eigenvalue weighted by Gasteiger charge is 2.17. The van der Waals surface area contributed by atoms with Crippen molar-refractivity contribution in [2.75, 3.05) is 25.4 Å². The predicted octanol–water partition coefficient (Wildman–Crippen LogP) is 0.341. The van der Waals surface area contributed by atoms with Crippen LogP contribution in [0, 0.1) is 0 Å². The van der Waals surface area contributed by atoms with Gasteiger partial charge < -0.3 is 10.5 Å². The molecular formula is C8H14N4OS. The third-order valence-electron chi connectivity index (χ3n) is 2.17. The van der Waals surface area contributed by atoms with Crippen LogP contribution in [0.15, 0.2) is 0 Å². The molecule has 78 valence electrons. The molecule has 0 bridgehead atoms. The van der Waals surface area contributed by atoms with Gasteiger partial charge in [-0.3, -0.25) is 4.90 Å². The fourth-order valence-corrected chi connectivity index (χ4v) is 2.21. The largest absolute Gasteiger partial charge is 0.376 e. The Morgan fingerprint density at radius 3 is 3.14 bits per heavy atom. The van der Waals surface area contributed by atoms with Crippen LogP contribution in [0.2, 0.25) is 0 Å². The Morgan fingerprint density at radius 1 is 1.64 bits per heavy atom. The molecule has 0 saturated carbocycles. The first-order valence-corrected chi connectivity index (χ1v) is 5.47. The average Bonchev–Trinajstić information content (AvgIpc) is 2.51.